The lowest BCUT2D eigenvalue weighted by Crippen LogP contribution is -2.50. The van der Waals surface area contributed by atoms with Crippen LogP contribution in [0.5, 0.6) is 0 Å². The molecule has 14 heavy (non-hydrogen) atoms. The molecule has 1 aromatic heterocycles. The third kappa shape index (κ3) is 2.54. The Morgan fingerprint density at radius 2 is 2.21 bits per heavy atom. The lowest BCUT2D eigenvalue weighted by atomic mass is 10.4. The van der Waals surface area contributed by atoms with Crippen LogP contribution >= 0.6 is 0 Å². The molecule has 2 rings (SSSR count). The number of aromatic nitrogens is 2. The van der Waals surface area contributed by atoms with Crippen LogP contribution in [0.15, 0.2) is 12.5 Å². The number of H-pyrrole nitrogens is 1. The Kier molecular flexibility index (Phi) is 3.13. The van der Waals surface area contributed by atoms with E-state index < -0.39 is 0 Å². The number of rotatable bonds is 3. The van der Waals surface area contributed by atoms with E-state index in [-0.39, 0.29) is 0 Å². The van der Waals surface area contributed by atoms with Gasteiger partial charge in [-0.3, -0.25) is 0 Å². The predicted molar refractivity (Wildman–Crippen MR) is 54.5 cm³/mol. The molecule has 1 aliphatic heterocycles. The summed E-state index contributed by atoms with van der Waals surface area (Å²) in [4.78, 5) is 9.39. The molecule has 1 aliphatic rings. The SMILES string of the molecule is CN1CCN(NCc2cnc[nH]2)CC1. The van der Waals surface area contributed by atoms with Crippen LogP contribution in [-0.4, -0.2) is 53.1 Å². The van der Waals surface area contributed by atoms with Gasteiger partial charge in [-0.1, -0.05) is 0 Å². The van der Waals surface area contributed by atoms with E-state index >= 15 is 0 Å². The zero-order valence-corrected chi connectivity index (χ0v) is 8.53. The summed E-state index contributed by atoms with van der Waals surface area (Å²) in [6, 6.07) is 0. The molecule has 78 valence electrons. The van der Waals surface area contributed by atoms with Gasteiger partial charge in [0.15, 0.2) is 0 Å². The fourth-order valence-electron chi connectivity index (χ4n) is 1.54. The lowest BCUT2D eigenvalue weighted by molar-refractivity contribution is 0.102. The maximum Gasteiger partial charge on any atom is 0.0922 e. The molecule has 0 unspecified atom stereocenters. The third-order valence-corrected chi connectivity index (χ3v) is 2.55. The average Bonchev–Trinajstić information content (AvgIpc) is 2.70. The molecular formula is C9H17N5. The summed E-state index contributed by atoms with van der Waals surface area (Å²) in [6.07, 6.45) is 3.56. The maximum atomic E-state index is 3.98. The van der Waals surface area contributed by atoms with Crippen molar-refractivity contribution in [3.63, 3.8) is 0 Å². The van der Waals surface area contributed by atoms with Gasteiger partial charge in [0, 0.05) is 38.1 Å². The van der Waals surface area contributed by atoms with Crippen molar-refractivity contribution in [2.45, 2.75) is 6.54 Å². The fourth-order valence-corrected chi connectivity index (χ4v) is 1.54. The first kappa shape index (κ1) is 9.64. The second-order valence-corrected chi connectivity index (χ2v) is 3.70. The number of hydrogen-bond donors (Lipinski definition) is 2. The highest BCUT2D eigenvalue weighted by Crippen LogP contribution is 1.97. The molecular weight excluding hydrogens is 178 g/mol. The summed E-state index contributed by atoms with van der Waals surface area (Å²) in [7, 11) is 2.16. The van der Waals surface area contributed by atoms with Gasteiger partial charge in [0.1, 0.15) is 0 Å². The molecule has 2 N–H and O–H groups in total. The van der Waals surface area contributed by atoms with Gasteiger partial charge in [-0.15, -0.1) is 0 Å². The van der Waals surface area contributed by atoms with Gasteiger partial charge in [-0.2, -0.15) is 0 Å². The van der Waals surface area contributed by atoms with Crippen LogP contribution in [-0.2, 0) is 6.54 Å². The van der Waals surface area contributed by atoms with E-state index in [1.807, 2.05) is 6.20 Å². The largest absolute Gasteiger partial charge is 0.347 e. The molecule has 0 amide bonds. The molecule has 5 heteroatoms. The van der Waals surface area contributed by atoms with Gasteiger partial charge >= 0.3 is 0 Å². The molecule has 0 spiro atoms. The second kappa shape index (κ2) is 4.54. The topological polar surface area (TPSA) is 47.2 Å². The van der Waals surface area contributed by atoms with Gasteiger partial charge in [0.2, 0.25) is 0 Å². The number of hydrazine groups is 1. The van der Waals surface area contributed by atoms with Crippen LogP contribution in [0.4, 0.5) is 0 Å². The van der Waals surface area contributed by atoms with Crippen LogP contribution in [0.2, 0.25) is 0 Å². The van der Waals surface area contributed by atoms with Gasteiger partial charge < -0.3 is 9.88 Å². The predicted octanol–water partition coefficient (Wildman–Crippen LogP) is -0.338. The quantitative estimate of drug-likeness (QED) is 0.693. The van der Waals surface area contributed by atoms with Crippen LogP contribution in [0.3, 0.4) is 0 Å². The van der Waals surface area contributed by atoms with Crippen molar-refractivity contribution in [1.29, 1.82) is 0 Å². The van der Waals surface area contributed by atoms with E-state index in [1.54, 1.807) is 6.33 Å². The first-order valence-corrected chi connectivity index (χ1v) is 4.99. The summed E-state index contributed by atoms with van der Waals surface area (Å²) >= 11 is 0. The number of nitrogens with one attached hydrogen (secondary N) is 2. The number of hydrogen-bond acceptors (Lipinski definition) is 4. The standard InChI is InChI=1S/C9H17N5/c1-13-2-4-14(5-3-13)12-7-9-6-10-8-11-9/h6,8,12H,2-5,7H2,1H3,(H,10,11). The van der Waals surface area contributed by atoms with E-state index in [0.29, 0.717) is 0 Å². The van der Waals surface area contributed by atoms with Crippen molar-refractivity contribution >= 4 is 0 Å². The number of likely N-dealkylation sites (N-methyl/N-ethyl adjacent to an activating group) is 1. The summed E-state index contributed by atoms with van der Waals surface area (Å²) in [5.41, 5.74) is 4.51. The highest BCUT2D eigenvalue weighted by molar-refractivity contribution is 4.92. The third-order valence-electron chi connectivity index (χ3n) is 2.55. The molecule has 1 aromatic rings. The summed E-state index contributed by atoms with van der Waals surface area (Å²) in [6.45, 7) is 5.28. The van der Waals surface area contributed by atoms with Gasteiger partial charge in [-0.05, 0) is 7.05 Å². The Morgan fingerprint density at radius 1 is 1.43 bits per heavy atom. The molecule has 2 heterocycles. The maximum absolute atomic E-state index is 3.98. The zero-order chi connectivity index (χ0) is 9.80. The van der Waals surface area contributed by atoms with Crippen molar-refractivity contribution in [3.05, 3.63) is 18.2 Å². The zero-order valence-electron chi connectivity index (χ0n) is 8.53. The Hall–Kier alpha value is -0.910. The first-order valence-electron chi connectivity index (χ1n) is 4.99. The van der Waals surface area contributed by atoms with Crippen molar-refractivity contribution in [3.8, 4) is 0 Å². The van der Waals surface area contributed by atoms with Gasteiger partial charge in [0.05, 0.1) is 12.9 Å². The molecule has 0 aliphatic carbocycles. The monoisotopic (exact) mass is 195 g/mol. The van der Waals surface area contributed by atoms with E-state index in [9.17, 15) is 0 Å². The van der Waals surface area contributed by atoms with E-state index in [0.717, 1.165) is 38.4 Å². The van der Waals surface area contributed by atoms with E-state index in [4.69, 9.17) is 0 Å². The van der Waals surface area contributed by atoms with Crippen LogP contribution in [0.1, 0.15) is 5.69 Å². The average molecular weight is 195 g/mol. The van der Waals surface area contributed by atoms with Crippen LogP contribution in [0.25, 0.3) is 0 Å². The minimum absolute atomic E-state index is 0.837. The molecule has 0 radical (unpaired) electrons. The second-order valence-electron chi connectivity index (χ2n) is 3.70. The number of imidazole rings is 1. The van der Waals surface area contributed by atoms with Crippen LogP contribution < -0.4 is 5.43 Å². The molecule has 1 saturated heterocycles. The molecule has 0 aromatic carbocycles. The highest BCUT2D eigenvalue weighted by atomic mass is 15.5. The first-order chi connectivity index (χ1) is 6.84. The molecule has 0 atom stereocenters. The summed E-state index contributed by atoms with van der Waals surface area (Å²) in [5, 5.41) is 2.26. The normalized spacial score (nSPS) is 20.1. The number of nitrogens with zero attached hydrogens (tertiary/aromatic N) is 3. The van der Waals surface area contributed by atoms with Crippen molar-refractivity contribution in [2.24, 2.45) is 0 Å². The van der Waals surface area contributed by atoms with E-state index in [2.05, 4.69) is 32.4 Å². The minimum atomic E-state index is 0.837. The fraction of sp³-hybridized carbons (Fsp3) is 0.667. The molecule has 0 bridgehead atoms. The Balaban J connectivity index is 1.71. The number of aromatic amines is 1. The van der Waals surface area contributed by atoms with Crippen molar-refractivity contribution < 1.29 is 0 Å². The highest BCUT2D eigenvalue weighted by Gasteiger charge is 2.12. The van der Waals surface area contributed by atoms with Crippen molar-refractivity contribution in [1.82, 2.24) is 25.3 Å². The lowest BCUT2D eigenvalue weighted by Gasteiger charge is -2.32. The summed E-state index contributed by atoms with van der Waals surface area (Å²) < 4.78 is 0. The van der Waals surface area contributed by atoms with E-state index in [1.165, 1.54) is 0 Å². The molecule has 1 fully saturated rings. The van der Waals surface area contributed by atoms with Gasteiger partial charge in [0.25, 0.3) is 0 Å². The smallest absolute Gasteiger partial charge is 0.0922 e. The number of piperazine rings is 1. The Bertz CT molecular complexity index is 250. The van der Waals surface area contributed by atoms with Crippen molar-refractivity contribution in [2.75, 3.05) is 33.2 Å². The van der Waals surface area contributed by atoms with Gasteiger partial charge in [-0.25, -0.2) is 15.4 Å². The Labute approximate surface area is 84.1 Å². The summed E-state index contributed by atoms with van der Waals surface area (Å²) in [5.74, 6) is 0. The molecule has 5 nitrogen and oxygen atoms in total. The molecule has 0 saturated carbocycles. The minimum Gasteiger partial charge on any atom is -0.347 e. The Morgan fingerprint density at radius 3 is 2.86 bits per heavy atom. The van der Waals surface area contributed by atoms with Crippen LogP contribution in [0, 0.1) is 0 Å².